The van der Waals surface area contributed by atoms with E-state index in [0.717, 1.165) is 0 Å². The lowest BCUT2D eigenvalue weighted by Crippen LogP contribution is -2.48. The Morgan fingerprint density at radius 1 is 1.32 bits per heavy atom. The Kier molecular flexibility index (Phi) is 4.96. The molecule has 1 atom stereocenters. The molecule has 0 bridgehead atoms. The maximum absolute atomic E-state index is 12.8. The average Bonchev–Trinajstić information content (AvgIpc) is 3.15. The van der Waals surface area contributed by atoms with Crippen LogP contribution in [0.2, 0.25) is 5.02 Å². The summed E-state index contributed by atoms with van der Waals surface area (Å²) in [6, 6.07) is 6.96. The quantitative estimate of drug-likeness (QED) is 0.898. The molecule has 1 aromatic carbocycles. The van der Waals surface area contributed by atoms with Crippen LogP contribution in [0.25, 0.3) is 5.69 Å². The number of morpholine rings is 1. The third kappa shape index (κ3) is 3.47. The molecule has 7 nitrogen and oxygen atoms in total. The Balaban J connectivity index is 1.92. The molecule has 0 spiro atoms. The Labute approximate surface area is 149 Å². The molecule has 25 heavy (non-hydrogen) atoms. The molecule has 3 rings (SSSR count). The number of halogens is 1. The summed E-state index contributed by atoms with van der Waals surface area (Å²) in [6.07, 6.45) is 2.64. The van der Waals surface area contributed by atoms with Crippen molar-refractivity contribution >= 4 is 23.5 Å². The normalized spacial score (nSPS) is 17.4. The largest absolute Gasteiger partial charge is 0.496 e. The van der Waals surface area contributed by atoms with Gasteiger partial charge in [-0.15, -0.1) is 0 Å². The zero-order valence-corrected chi connectivity index (χ0v) is 14.3. The van der Waals surface area contributed by atoms with Crippen LogP contribution < -0.4 is 4.74 Å². The summed E-state index contributed by atoms with van der Waals surface area (Å²) < 4.78 is 12.3. The number of carboxylic acids is 1. The van der Waals surface area contributed by atoms with E-state index in [0.29, 0.717) is 23.0 Å². The second kappa shape index (κ2) is 7.16. The predicted octanol–water partition coefficient (Wildman–Crippen LogP) is 2.06. The molecular weight excluding hydrogens is 348 g/mol. The van der Waals surface area contributed by atoms with Crippen LogP contribution in [0.5, 0.6) is 5.75 Å². The molecule has 1 fully saturated rings. The van der Waals surface area contributed by atoms with Crippen molar-refractivity contribution in [1.82, 2.24) is 9.47 Å². The van der Waals surface area contributed by atoms with E-state index in [-0.39, 0.29) is 24.6 Å². The Bertz CT molecular complexity index is 791. The van der Waals surface area contributed by atoms with Crippen LogP contribution in [0.15, 0.2) is 36.7 Å². The van der Waals surface area contributed by atoms with Crippen molar-refractivity contribution in [2.45, 2.75) is 6.10 Å². The number of hydrogen-bond donors (Lipinski definition) is 1. The zero-order chi connectivity index (χ0) is 18.0. The minimum absolute atomic E-state index is 0.0196. The first kappa shape index (κ1) is 17.3. The number of carboxylic acid groups (broad SMARTS) is 1. The number of aromatic nitrogens is 1. The van der Waals surface area contributed by atoms with Gasteiger partial charge in [-0.1, -0.05) is 11.6 Å². The number of ether oxygens (including phenoxy) is 2. The maximum atomic E-state index is 12.8. The summed E-state index contributed by atoms with van der Waals surface area (Å²) >= 11 is 6.35. The van der Waals surface area contributed by atoms with Gasteiger partial charge < -0.3 is 24.0 Å². The van der Waals surface area contributed by atoms with Crippen molar-refractivity contribution in [2.24, 2.45) is 0 Å². The second-order valence-corrected chi connectivity index (χ2v) is 5.95. The van der Waals surface area contributed by atoms with Crippen molar-refractivity contribution in [2.75, 3.05) is 26.8 Å². The van der Waals surface area contributed by atoms with Crippen LogP contribution in [0.4, 0.5) is 0 Å². The predicted molar refractivity (Wildman–Crippen MR) is 90.6 cm³/mol. The van der Waals surface area contributed by atoms with Crippen LogP contribution >= 0.6 is 11.6 Å². The number of carbonyl (C=O) groups excluding carboxylic acids is 1. The third-order valence-electron chi connectivity index (χ3n) is 4.01. The summed E-state index contributed by atoms with van der Waals surface area (Å²) in [5.74, 6) is -1.06. The van der Waals surface area contributed by atoms with Gasteiger partial charge in [0.2, 0.25) is 0 Å². The topological polar surface area (TPSA) is 81.0 Å². The van der Waals surface area contributed by atoms with Crippen LogP contribution in [-0.4, -0.2) is 59.4 Å². The summed E-state index contributed by atoms with van der Waals surface area (Å²) in [5.41, 5.74) is 0.972. The SMILES string of the molecule is COc1cc(-n2cccc2)c(Cl)cc1C(=O)N1CCO[C@H](C(=O)O)C1. The Morgan fingerprint density at radius 2 is 2.04 bits per heavy atom. The van der Waals surface area contributed by atoms with Crippen molar-refractivity contribution < 1.29 is 24.2 Å². The van der Waals surface area contributed by atoms with E-state index in [1.165, 1.54) is 12.0 Å². The molecule has 1 aliphatic rings. The number of methoxy groups -OCH3 is 1. The molecule has 8 heteroatoms. The lowest BCUT2D eigenvalue weighted by atomic mass is 10.1. The van der Waals surface area contributed by atoms with Gasteiger partial charge in [-0.05, 0) is 18.2 Å². The van der Waals surface area contributed by atoms with E-state index in [1.807, 2.05) is 29.1 Å². The number of carbonyl (C=O) groups is 2. The number of hydrogen-bond acceptors (Lipinski definition) is 4. The fraction of sp³-hybridized carbons (Fsp3) is 0.294. The van der Waals surface area contributed by atoms with Gasteiger partial charge in [-0.25, -0.2) is 4.79 Å². The number of nitrogens with zero attached hydrogens (tertiary/aromatic N) is 2. The highest BCUT2D eigenvalue weighted by Gasteiger charge is 2.31. The highest BCUT2D eigenvalue weighted by molar-refractivity contribution is 6.33. The van der Waals surface area contributed by atoms with E-state index in [2.05, 4.69) is 0 Å². The molecule has 0 aliphatic carbocycles. The second-order valence-electron chi connectivity index (χ2n) is 5.54. The fourth-order valence-corrected chi connectivity index (χ4v) is 2.99. The molecule has 132 valence electrons. The summed E-state index contributed by atoms with van der Waals surface area (Å²) in [5, 5.41) is 9.48. The zero-order valence-electron chi connectivity index (χ0n) is 13.5. The Morgan fingerprint density at radius 3 is 2.68 bits per heavy atom. The van der Waals surface area contributed by atoms with Crippen LogP contribution in [0.3, 0.4) is 0 Å². The van der Waals surface area contributed by atoms with Crippen molar-refractivity contribution in [3.63, 3.8) is 0 Å². The first-order valence-corrected chi connectivity index (χ1v) is 8.03. The molecule has 2 aromatic rings. The van der Waals surface area contributed by atoms with Gasteiger partial charge in [-0.3, -0.25) is 4.79 Å². The van der Waals surface area contributed by atoms with Crippen molar-refractivity contribution in [3.8, 4) is 11.4 Å². The van der Waals surface area contributed by atoms with Crippen molar-refractivity contribution in [1.29, 1.82) is 0 Å². The number of aliphatic carboxylic acids is 1. The average molecular weight is 365 g/mol. The highest BCUT2D eigenvalue weighted by atomic mass is 35.5. The highest BCUT2D eigenvalue weighted by Crippen LogP contribution is 2.31. The molecule has 0 saturated carbocycles. The van der Waals surface area contributed by atoms with E-state index in [4.69, 9.17) is 26.2 Å². The molecule has 0 unspecified atom stereocenters. The summed E-state index contributed by atoms with van der Waals surface area (Å²) in [4.78, 5) is 25.4. The molecule has 1 saturated heterocycles. The molecule has 2 heterocycles. The molecule has 1 amide bonds. The smallest absolute Gasteiger partial charge is 0.334 e. The van der Waals surface area contributed by atoms with Gasteiger partial charge >= 0.3 is 5.97 Å². The van der Waals surface area contributed by atoms with Gasteiger partial charge in [0, 0.05) is 25.0 Å². The first-order chi connectivity index (χ1) is 12.0. The van der Waals surface area contributed by atoms with E-state index in [1.54, 1.807) is 12.1 Å². The van der Waals surface area contributed by atoms with Gasteiger partial charge in [0.05, 0.1) is 36.5 Å². The molecule has 1 N–H and O–H groups in total. The van der Waals surface area contributed by atoms with E-state index in [9.17, 15) is 9.59 Å². The number of rotatable bonds is 4. The maximum Gasteiger partial charge on any atom is 0.334 e. The summed E-state index contributed by atoms with van der Waals surface area (Å²) in [6.45, 7) is 0.456. The molecule has 1 aliphatic heterocycles. The number of benzene rings is 1. The summed E-state index contributed by atoms with van der Waals surface area (Å²) in [7, 11) is 1.47. The Hall–Kier alpha value is -2.51. The lowest BCUT2D eigenvalue weighted by Gasteiger charge is -2.31. The minimum Gasteiger partial charge on any atom is -0.496 e. The van der Waals surface area contributed by atoms with Gasteiger partial charge in [0.1, 0.15) is 5.75 Å². The van der Waals surface area contributed by atoms with Crippen LogP contribution in [0, 0.1) is 0 Å². The van der Waals surface area contributed by atoms with Crippen LogP contribution in [-0.2, 0) is 9.53 Å². The molecule has 1 aromatic heterocycles. The monoisotopic (exact) mass is 364 g/mol. The first-order valence-electron chi connectivity index (χ1n) is 7.66. The van der Waals surface area contributed by atoms with Crippen LogP contribution in [0.1, 0.15) is 10.4 Å². The third-order valence-corrected chi connectivity index (χ3v) is 4.31. The van der Waals surface area contributed by atoms with Gasteiger partial charge in [0.15, 0.2) is 6.10 Å². The lowest BCUT2D eigenvalue weighted by molar-refractivity contribution is -0.154. The molecular formula is C17H17ClN2O5. The van der Waals surface area contributed by atoms with Gasteiger partial charge in [0.25, 0.3) is 5.91 Å². The standard InChI is InChI=1S/C17H17ClN2O5/c1-24-14-9-13(19-4-2-3-5-19)12(18)8-11(14)16(21)20-6-7-25-15(10-20)17(22)23/h2-5,8-9,15H,6-7,10H2,1H3,(H,22,23)/t15-/m0/s1. The fourth-order valence-electron chi connectivity index (χ4n) is 2.73. The van der Waals surface area contributed by atoms with Gasteiger partial charge in [-0.2, -0.15) is 0 Å². The number of amides is 1. The van der Waals surface area contributed by atoms with E-state index < -0.39 is 12.1 Å². The minimum atomic E-state index is -1.09. The molecule has 0 radical (unpaired) electrons. The van der Waals surface area contributed by atoms with Crippen molar-refractivity contribution in [3.05, 3.63) is 47.2 Å². The van der Waals surface area contributed by atoms with E-state index >= 15 is 0 Å².